The molecule has 1 atom stereocenters. The van der Waals surface area contributed by atoms with Crippen LogP contribution in [0, 0.1) is 0 Å². The van der Waals surface area contributed by atoms with Gasteiger partial charge >= 0.3 is 5.97 Å². The normalized spacial score (nSPS) is 11.9. The quantitative estimate of drug-likeness (QED) is 0.813. The molecule has 0 fully saturated rings. The van der Waals surface area contributed by atoms with Crippen LogP contribution in [0.4, 0.5) is 0 Å². The van der Waals surface area contributed by atoms with Gasteiger partial charge in [-0.15, -0.1) is 0 Å². The van der Waals surface area contributed by atoms with Crippen LogP contribution in [0.5, 0.6) is 0 Å². The Hall–Kier alpha value is -1.84. The average Bonchev–Trinajstić information content (AvgIpc) is 2.36. The van der Waals surface area contributed by atoms with Crippen LogP contribution in [-0.2, 0) is 16.0 Å². The Bertz CT molecular complexity index is 412. The topological polar surface area (TPSA) is 66.4 Å². The summed E-state index contributed by atoms with van der Waals surface area (Å²) < 4.78 is 0. The molecule has 1 unspecified atom stereocenters. The number of carboxylic acids is 1. The number of benzene rings is 1. The number of hydrogen-bond acceptors (Lipinski definition) is 2. The van der Waals surface area contributed by atoms with Crippen molar-refractivity contribution in [3.63, 3.8) is 0 Å². The third-order valence-corrected chi connectivity index (χ3v) is 2.83. The zero-order valence-corrected chi connectivity index (χ0v) is 10.8. The van der Waals surface area contributed by atoms with Crippen LogP contribution in [0.15, 0.2) is 24.3 Å². The van der Waals surface area contributed by atoms with Gasteiger partial charge in [-0.05, 0) is 24.5 Å². The lowest BCUT2D eigenvalue weighted by atomic mass is 10.0. The monoisotopic (exact) mass is 249 g/mol. The van der Waals surface area contributed by atoms with E-state index in [0.29, 0.717) is 0 Å². The summed E-state index contributed by atoms with van der Waals surface area (Å²) in [5, 5.41) is 11.3. The molecule has 0 heterocycles. The number of nitrogens with one attached hydrogen (secondary N) is 1. The Morgan fingerprint density at radius 2 is 1.83 bits per heavy atom. The largest absolute Gasteiger partial charge is 0.481 e. The molecule has 0 radical (unpaired) electrons. The van der Waals surface area contributed by atoms with Crippen molar-refractivity contribution in [3.8, 4) is 0 Å². The minimum atomic E-state index is -0.954. The van der Waals surface area contributed by atoms with Crippen molar-refractivity contribution in [2.75, 3.05) is 0 Å². The molecule has 0 aliphatic rings. The second kappa shape index (κ2) is 6.79. The van der Waals surface area contributed by atoms with Crippen LogP contribution in [0.1, 0.15) is 43.9 Å². The first-order chi connectivity index (χ1) is 8.52. The van der Waals surface area contributed by atoms with E-state index >= 15 is 0 Å². The molecule has 0 saturated carbocycles. The maximum Gasteiger partial charge on any atom is 0.303 e. The molecule has 0 spiro atoms. The van der Waals surface area contributed by atoms with Crippen molar-refractivity contribution in [1.29, 1.82) is 0 Å². The fraction of sp³-hybridized carbons (Fsp3) is 0.429. The highest BCUT2D eigenvalue weighted by atomic mass is 16.4. The molecule has 2 N–H and O–H groups in total. The Labute approximate surface area is 107 Å². The third kappa shape index (κ3) is 4.57. The highest BCUT2D eigenvalue weighted by Crippen LogP contribution is 2.13. The first-order valence-electron chi connectivity index (χ1n) is 6.13. The molecular weight excluding hydrogens is 230 g/mol. The molecule has 0 bridgehead atoms. The van der Waals surface area contributed by atoms with Gasteiger partial charge in [-0.1, -0.05) is 31.2 Å². The number of aliphatic carboxylic acids is 1. The summed E-state index contributed by atoms with van der Waals surface area (Å²) in [4.78, 5) is 21.8. The van der Waals surface area contributed by atoms with Gasteiger partial charge in [0.1, 0.15) is 0 Å². The first-order valence-corrected chi connectivity index (χ1v) is 6.13. The van der Waals surface area contributed by atoms with Crippen molar-refractivity contribution in [1.82, 2.24) is 5.32 Å². The van der Waals surface area contributed by atoms with Gasteiger partial charge < -0.3 is 10.4 Å². The van der Waals surface area contributed by atoms with Crippen molar-refractivity contribution >= 4 is 11.9 Å². The van der Waals surface area contributed by atoms with Crippen molar-refractivity contribution < 1.29 is 14.7 Å². The number of amides is 1. The predicted molar refractivity (Wildman–Crippen MR) is 69.2 cm³/mol. The minimum absolute atomic E-state index is 0.0206. The predicted octanol–water partition coefficient (Wildman–Crippen LogP) is 2.29. The molecule has 98 valence electrons. The lowest BCUT2D eigenvalue weighted by Crippen LogP contribution is -2.26. The fourth-order valence-corrected chi connectivity index (χ4v) is 1.66. The van der Waals surface area contributed by atoms with Gasteiger partial charge in [0, 0.05) is 6.42 Å². The number of carbonyl (C=O) groups is 2. The van der Waals surface area contributed by atoms with Crippen LogP contribution in [0.2, 0.25) is 0 Å². The van der Waals surface area contributed by atoms with Gasteiger partial charge in [-0.3, -0.25) is 9.59 Å². The zero-order chi connectivity index (χ0) is 13.5. The van der Waals surface area contributed by atoms with Crippen LogP contribution >= 0.6 is 0 Å². The molecule has 1 aromatic rings. The molecule has 1 aromatic carbocycles. The molecule has 0 aliphatic heterocycles. The lowest BCUT2D eigenvalue weighted by molar-refractivity contribution is -0.138. The van der Waals surface area contributed by atoms with E-state index in [4.69, 9.17) is 5.11 Å². The van der Waals surface area contributed by atoms with Gasteiger partial charge in [-0.25, -0.2) is 0 Å². The van der Waals surface area contributed by atoms with Gasteiger partial charge in [0.05, 0.1) is 12.5 Å². The SMILES string of the molecule is CCc1ccc(C(C)NC(=O)CCC(=O)O)cc1. The summed E-state index contributed by atoms with van der Waals surface area (Å²) in [5.41, 5.74) is 2.28. The molecule has 4 heteroatoms. The van der Waals surface area contributed by atoms with E-state index in [1.807, 2.05) is 31.2 Å². The number of carbonyl (C=O) groups excluding carboxylic acids is 1. The second-order valence-corrected chi connectivity index (χ2v) is 4.28. The van der Waals surface area contributed by atoms with Crippen LogP contribution in [-0.4, -0.2) is 17.0 Å². The number of rotatable bonds is 6. The highest BCUT2D eigenvalue weighted by Gasteiger charge is 2.10. The number of aryl methyl sites for hydroxylation is 1. The number of carboxylic acid groups (broad SMARTS) is 1. The van der Waals surface area contributed by atoms with Gasteiger partial charge in [-0.2, -0.15) is 0 Å². The van der Waals surface area contributed by atoms with E-state index in [2.05, 4.69) is 12.2 Å². The van der Waals surface area contributed by atoms with E-state index < -0.39 is 5.97 Å². The van der Waals surface area contributed by atoms with Crippen molar-refractivity contribution in [3.05, 3.63) is 35.4 Å². The summed E-state index contributed by atoms with van der Waals surface area (Å²) in [6.45, 7) is 3.98. The molecule has 1 rings (SSSR count). The third-order valence-electron chi connectivity index (χ3n) is 2.83. The summed E-state index contributed by atoms with van der Waals surface area (Å²) in [6, 6.07) is 7.95. The molecule has 0 aliphatic carbocycles. The maximum atomic E-state index is 11.5. The van der Waals surface area contributed by atoms with Crippen LogP contribution in [0.25, 0.3) is 0 Å². The molecule has 0 aromatic heterocycles. The standard InChI is InChI=1S/C14H19NO3/c1-3-11-4-6-12(7-5-11)10(2)15-13(16)8-9-14(17)18/h4-7,10H,3,8-9H2,1-2H3,(H,15,16)(H,17,18). The van der Waals surface area contributed by atoms with E-state index in [-0.39, 0.29) is 24.8 Å². The Morgan fingerprint density at radius 1 is 1.22 bits per heavy atom. The van der Waals surface area contributed by atoms with E-state index in [1.165, 1.54) is 5.56 Å². The van der Waals surface area contributed by atoms with Crippen LogP contribution in [0.3, 0.4) is 0 Å². The minimum Gasteiger partial charge on any atom is -0.481 e. The van der Waals surface area contributed by atoms with E-state index in [0.717, 1.165) is 12.0 Å². The Morgan fingerprint density at radius 3 is 2.33 bits per heavy atom. The van der Waals surface area contributed by atoms with Gasteiger partial charge in [0.25, 0.3) is 0 Å². The summed E-state index contributed by atoms with van der Waals surface area (Å²) in [7, 11) is 0. The van der Waals surface area contributed by atoms with E-state index in [1.54, 1.807) is 0 Å². The molecular formula is C14H19NO3. The summed E-state index contributed by atoms with van der Waals surface area (Å²) in [6.07, 6.45) is 0.875. The maximum absolute atomic E-state index is 11.5. The summed E-state index contributed by atoms with van der Waals surface area (Å²) >= 11 is 0. The lowest BCUT2D eigenvalue weighted by Gasteiger charge is -2.14. The van der Waals surface area contributed by atoms with Crippen LogP contribution < -0.4 is 5.32 Å². The van der Waals surface area contributed by atoms with Gasteiger partial charge in [0.15, 0.2) is 0 Å². The van der Waals surface area contributed by atoms with Crippen molar-refractivity contribution in [2.24, 2.45) is 0 Å². The second-order valence-electron chi connectivity index (χ2n) is 4.28. The van der Waals surface area contributed by atoms with Gasteiger partial charge in [0.2, 0.25) is 5.91 Å². The van der Waals surface area contributed by atoms with Crippen molar-refractivity contribution in [2.45, 2.75) is 39.2 Å². The first kappa shape index (κ1) is 14.2. The Balaban J connectivity index is 2.50. The summed E-state index contributed by atoms with van der Waals surface area (Å²) in [5.74, 6) is -1.19. The smallest absolute Gasteiger partial charge is 0.303 e. The molecule has 1 amide bonds. The fourth-order valence-electron chi connectivity index (χ4n) is 1.66. The highest BCUT2D eigenvalue weighted by molar-refractivity contribution is 5.80. The average molecular weight is 249 g/mol. The molecule has 18 heavy (non-hydrogen) atoms. The zero-order valence-electron chi connectivity index (χ0n) is 10.8. The van der Waals surface area contributed by atoms with E-state index in [9.17, 15) is 9.59 Å². The molecule has 4 nitrogen and oxygen atoms in total. The Kier molecular flexibility index (Phi) is 5.36. The number of hydrogen-bond donors (Lipinski definition) is 2. The molecule has 0 saturated heterocycles.